The standard InChI is InChI=1S/C12H14BrFO2/c1-2-16-12(15)11-9(6-4-8-13)5-3-7-10(11)14/h3,5,7H,2,4,6,8H2,1H3. The molecule has 88 valence electrons. The summed E-state index contributed by atoms with van der Waals surface area (Å²) in [7, 11) is 0. The zero-order valence-electron chi connectivity index (χ0n) is 9.13. The molecule has 0 bridgehead atoms. The van der Waals surface area contributed by atoms with Crippen molar-refractivity contribution in [2.75, 3.05) is 11.9 Å². The molecular formula is C12H14BrFO2. The Morgan fingerprint density at radius 1 is 1.50 bits per heavy atom. The first-order chi connectivity index (χ1) is 7.70. The number of carbonyl (C=O) groups is 1. The van der Waals surface area contributed by atoms with Gasteiger partial charge in [-0.1, -0.05) is 28.1 Å². The van der Waals surface area contributed by atoms with Gasteiger partial charge in [-0.25, -0.2) is 9.18 Å². The van der Waals surface area contributed by atoms with E-state index in [1.165, 1.54) is 6.07 Å². The van der Waals surface area contributed by atoms with Crippen molar-refractivity contribution in [2.45, 2.75) is 19.8 Å². The third kappa shape index (κ3) is 3.30. The number of aryl methyl sites for hydroxylation is 1. The van der Waals surface area contributed by atoms with E-state index >= 15 is 0 Å². The fourth-order valence-corrected chi connectivity index (χ4v) is 1.75. The van der Waals surface area contributed by atoms with Crippen molar-refractivity contribution in [1.29, 1.82) is 0 Å². The molecule has 0 spiro atoms. The van der Waals surface area contributed by atoms with Gasteiger partial charge < -0.3 is 4.74 Å². The van der Waals surface area contributed by atoms with Crippen LogP contribution in [0.3, 0.4) is 0 Å². The summed E-state index contributed by atoms with van der Waals surface area (Å²) in [5.74, 6) is -1.09. The molecule has 0 unspecified atom stereocenters. The summed E-state index contributed by atoms with van der Waals surface area (Å²) in [5.41, 5.74) is 0.781. The van der Waals surface area contributed by atoms with E-state index in [0.717, 1.165) is 11.8 Å². The van der Waals surface area contributed by atoms with E-state index in [1.807, 2.05) is 0 Å². The van der Waals surface area contributed by atoms with Gasteiger partial charge in [-0.3, -0.25) is 0 Å². The Morgan fingerprint density at radius 3 is 2.88 bits per heavy atom. The first-order valence-electron chi connectivity index (χ1n) is 5.21. The second kappa shape index (κ2) is 6.63. The van der Waals surface area contributed by atoms with E-state index in [-0.39, 0.29) is 12.2 Å². The second-order valence-corrected chi connectivity index (χ2v) is 4.08. The lowest BCUT2D eigenvalue weighted by Crippen LogP contribution is -2.11. The van der Waals surface area contributed by atoms with Crippen LogP contribution in [0.15, 0.2) is 18.2 Å². The number of ether oxygens (including phenoxy) is 1. The molecule has 1 aromatic carbocycles. The van der Waals surface area contributed by atoms with E-state index in [4.69, 9.17) is 4.74 Å². The molecule has 0 amide bonds. The molecule has 0 radical (unpaired) electrons. The second-order valence-electron chi connectivity index (χ2n) is 3.29. The van der Waals surface area contributed by atoms with E-state index in [0.29, 0.717) is 12.0 Å². The van der Waals surface area contributed by atoms with E-state index in [1.54, 1.807) is 19.1 Å². The molecule has 0 aliphatic carbocycles. The van der Waals surface area contributed by atoms with Gasteiger partial charge in [0.05, 0.1) is 12.2 Å². The Balaban J connectivity index is 2.98. The lowest BCUT2D eigenvalue weighted by Gasteiger charge is -2.09. The number of alkyl halides is 1. The third-order valence-electron chi connectivity index (χ3n) is 2.16. The third-order valence-corrected chi connectivity index (χ3v) is 2.72. The van der Waals surface area contributed by atoms with Crippen molar-refractivity contribution in [3.63, 3.8) is 0 Å². The van der Waals surface area contributed by atoms with Crippen LogP contribution in [-0.2, 0) is 11.2 Å². The highest BCUT2D eigenvalue weighted by Crippen LogP contribution is 2.17. The van der Waals surface area contributed by atoms with Crippen LogP contribution < -0.4 is 0 Å². The Labute approximate surface area is 103 Å². The number of benzene rings is 1. The summed E-state index contributed by atoms with van der Waals surface area (Å²) in [6.07, 6.45) is 1.52. The van der Waals surface area contributed by atoms with Crippen molar-refractivity contribution < 1.29 is 13.9 Å². The minimum atomic E-state index is -0.579. The highest BCUT2D eigenvalue weighted by atomic mass is 79.9. The molecule has 16 heavy (non-hydrogen) atoms. The van der Waals surface area contributed by atoms with Gasteiger partial charge in [0.25, 0.3) is 0 Å². The van der Waals surface area contributed by atoms with Crippen LogP contribution >= 0.6 is 15.9 Å². The monoisotopic (exact) mass is 288 g/mol. The summed E-state index contributed by atoms with van der Waals surface area (Å²) in [5, 5.41) is 0.825. The Morgan fingerprint density at radius 2 is 2.25 bits per heavy atom. The van der Waals surface area contributed by atoms with Gasteiger partial charge in [0, 0.05) is 5.33 Å². The first kappa shape index (κ1) is 13.2. The fourth-order valence-electron chi connectivity index (χ4n) is 1.47. The average Bonchev–Trinajstić information content (AvgIpc) is 2.26. The molecule has 2 nitrogen and oxygen atoms in total. The normalized spacial score (nSPS) is 10.2. The van der Waals surface area contributed by atoms with E-state index in [2.05, 4.69) is 15.9 Å². The number of halogens is 2. The summed E-state index contributed by atoms with van der Waals surface area (Å²) in [6.45, 7) is 1.96. The van der Waals surface area contributed by atoms with Crippen molar-refractivity contribution >= 4 is 21.9 Å². The van der Waals surface area contributed by atoms with Crippen molar-refractivity contribution in [3.8, 4) is 0 Å². The van der Waals surface area contributed by atoms with Crippen LogP contribution in [0.1, 0.15) is 29.3 Å². The van der Waals surface area contributed by atoms with E-state index < -0.39 is 11.8 Å². The minimum Gasteiger partial charge on any atom is -0.462 e. The topological polar surface area (TPSA) is 26.3 Å². The SMILES string of the molecule is CCOC(=O)c1c(F)cccc1CCCBr. The molecule has 4 heteroatoms. The Kier molecular flexibility index (Phi) is 5.46. The van der Waals surface area contributed by atoms with Crippen LogP contribution in [0.2, 0.25) is 0 Å². The molecule has 0 aromatic heterocycles. The summed E-state index contributed by atoms with van der Waals surface area (Å²) < 4.78 is 18.4. The lowest BCUT2D eigenvalue weighted by atomic mass is 10.0. The molecule has 0 heterocycles. The van der Waals surface area contributed by atoms with Gasteiger partial charge in [-0.15, -0.1) is 0 Å². The van der Waals surface area contributed by atoms with Crippen molar-refractivity contribution in [3.05, 3.63) is 35.1 Å². The highest BCUT2D eigenvalue weighted by molar-refractivity contribution is 9.09. The van der Waals surface area contributed by atoms with Gasteiger partial charge in [-0.2, -0.15) is 0 Å². The molecule has 1 rings (SSSR count). The Bertz CT molecular complexity index is 366. The number of hydrogen-bond acceptors (Lipinski definition) is 2. The number of carbonyl (C=O) groups excluding carboxylic acids is 1. The maximum absolute atomic E-state index is 13.5. The molecule has 0 atom stereocenters. The van der Waals surface area contributed by atoms with Crippen molar-refractivity contribution in [2.24, 2.45) is 0 Å². The summed E-state index contributed by atoms with van der Waals surface area (Å²) in [6, 6.07) is 4.66. The zero-order chi connectivity index (χ0) is 12.0. The van der Waals surface area contributed by atoms with Crippen LogP contribution in [0, 0.1) is 5.82 Å². The molecule has 0 saturated heterocycles. The summed E-state index contributed by atoms with van der Waals surface area (Å²) >= 11 is 3.31. The molecule has 0 N–H and O–H groups in total. The predicted octanol–water partition coefficient (Wildman–Crippen LogP) is 3.33. The summed E-state index contributed by atoms with van der Waals surface area (Å²) in [4.78, 5) is 11.6. The zero-order valence-corrected chi connectivity index (χ0v) is 10.7. The van der Waals surface area contributed by atoms with Crippen LogP contribution in [0.25, 0.3) is 0 Å². The molecule has 0 fully saturated rings. The van der Waals surface area contributed by atoms with Gasteiger partial charge >= 0.3 is 5.97 Å². The molecule has 0 saturated carbocycles. The van der Waals surface area contributed by atoms with Crippen molar-refractivity contribution in [1.82, 2.24) is 0 Å². The van der Waals surface area contributed by atoms with E-state index in [9.17, 15) is 9.18 Å². The van der Waals surface area contributed by atoms with Gasteiger partial charge in [-0.05, 0) is 31.4 Å². The van der Waals surface area contributed by atoms with Crippen LogP contribution in [0.5, 0.6) is 0 Å². The molecule has 0 aliphatic rings. The van der Waals surface area contributed by atoms with Gasteiger partial charge in [0.2, 0.25) is 0 Å². The fraction of sp³-hybridized carbons (Fsp3) is 0.417. The number of esters is 1. The van der Waals surface area contributed by atoms with Gasteiger partial charge in [0.15, 0.2) is 0 Å². The maximum Gasteiger partial charge on any atom is 0.341 e. The Hall–Kier alpha value is -0.900. The predicted molar refractivity (Wildman–Crippen MR) is 64.5 cm³/mol. The molecule has 0 aliphatic heterocycles. The number of hydrogen-bond donors (Lipinski definition) is 0. The van der Waals surface area contributed by atoms with Crippen LogP contribution in [-0.4, -0.2) is 17.9 Å². The highest BCUT2D eigenvalue weighted by Gasteiger charge is 2.17. The van der Waals surface area contributed by atoms with Gasteiger partial charge in [0.1, 0.15) is 5.82 Å². The quantitative estimate of drug-likeness (QED) is 0.614. The molecular weight excluding hydrogens is 275 g/mol. The molecule has 1 aromatic rings. The van der Waals surface area contributed by atoms with Crippen LogP contribution in [0.4, 0.5) is 4.39 Å². The largest absolute Gasteiger partial charge is 0.462 e. The smallest absolute Gasteiger partial charge is 0.341 e. The first-order valence-corrected chi connectivity index (χ1v) is 6.33. The maximum atomic E-state index is 13.5. The lowest BCUT2D eigenvalue weighted by molar-refractivity contribution is 0.0519. The minimum absolute atomic E-state index is 0.0744. The number of rotatable bonds is 5. The average molecular weight is 289 g/mol.